The molecule has 0 saturated heterocycles. The van der Waals surface area contributed by atoms with Crippen LogP contribution in [0.4, 0.5) is 0 Å². The molecule has 0 amide bonds. The second kappa shape index (κ2) is 9.64. The van der Waals surface area contributed by atoms with Gasteiger partial charge in [-0.1, -0.05) is 42.5 Å². The summed E-state index contributed by atoms with van der Waals surface area (Å²) in [5.41, 5.74) is 2.16. The first kappa shape index (κ1) is 18.7. The van der Waals surface area contributed by atoms with Gasteiger partial charge in [-0.15, -0.1) is 0 Å². The van der Waals surface area contributed by atoms with Crippen molar-refractivity contribution in [2.24, 2.45) is 0 Å². The van der Waals surface area contributed by atoms with Crippen LogP contribution >= 0.6 is 0 Å². The van der Waals surface area contributed by atoms with Crippen LogP contribution in [0.25, 0.3) is 0 Å². The van der Waals surface area contributed by atoms with Crippen LogP contribution in [0.1, 0.15) is 36.2 Å². The van der Waals surface area contributed by atoms with E-state index < -0.39 is 6.10 Å². The zero-order chi connectivity index (χ0) is 18.1. The van der Waals surface area contributed by atoms with E-state index in [1.54, 1.807) is 42.7 Å². The number of ketones is 1. The fourth-order valence-corrected chi connectivity index (χ4v) is 2.22. The maximum Gasteiger partial charge on any atom is 0.196 e. The third-order valence-corrected chi connectivity index (χ3v) is 3.49. The highest BCUT2D eigenvalue weighted by atomic mass is 16.5. The van der Waals surface area contributed by atoms with Crippen LogP contribution in [0.5, 0.6) is 5.75 Å². The number of benzene rings is 2. The minimum Gasteiger partial charge on any atom is -0.501 e. The zero-order valence-corrected chi connectivity index (χ0v) is 14.6. The maximum atomic E-state index is 12.6. The number of hydrogen-bond donors (Lipinski definition) is 1. The molecule has 0 aliphatic carbocycles. The van der Waals surface area contributed by atoms with Crippen molar-refractivity contribution in [2.45, 2.75) is 26.4 Å². The predicted octanol–water partition coefficient (Wildman–Crippen LogP) is 3.99. The highest BCUT2D eigenvalue weighted by Crippen LogP contribution is 2.22. The third kappa shape index (κ3) is 6.08. The van der Waals surface area contributed by atoms with Crippen molar-refractivity contribution in [2.75, 3.05) is 13.2 Å². The van der Waals surface area contributed by atoms with Gasteiger partial charge in [0.05, 0.1) is 24.5 Å². The van der Waals surface area contributed by atoms with Crippen LogP contribution in [0.15, 0.2) is 66.4 Å². The van der Waals surface area contributed by atoms with Gasteiger partial charge in [0, 0.05) is 12.0 Å². The summed E-state index contributed by atoms with van der Waals surface area (Å²) >= 11 is 0. The van der Waals surface area contributed by atoms with Crippen molar-refractivity contribution in [1.82, 2.24) is 0 Å². The van der Waals surface area contributed by atoms with E-state index in [1.165, 1.54) is 0 Å². The van der Waals surface area contributed by atoms with E-state index in [9.17, 15) is 9.90 Å². The molecule has 132 valence electrons. The minimum absolute atomic E-state index is 0.0995. The van der Waals surface area contributed by atoms with Crippen molar-refractivity contribution in [3.05, 3.63) is 77.6 Å². The number of aliphatic hydroxyl groups is 1. The molecule has 0 bridgehead atoms. The summed E-state index contributed by atoms with van der Waals surface area (Å²) in [6.07, 6.45) is 1.46. The van der Waals surface area contributed by atoms with Crippen molar-refractivity contribution in [1.29, 1.82) is 0 Å². The molecule has 25 heavy (non-hydrogen) atoms. The molecule has 0 aromatic heterocycles. The van der Waals surface area contributed by atoms with E-state index in [1.807, 2.05) is 32.0 Å². The van der Waals surface area contributed by atoms with Crippen LogP contribution in [0.3, 0.4) is 0 Å². The number of para-hydroxylation sites is 1. The van der Waals surface area contributed by atoms with Crippen LogP contribution in [-0.2, 0) is 4.74 Å². The second-order valence-corrected chi connectivity index (χ2v) is 6.01. The number of allylic oxidation sites excluding steroid dienone is 1. The smallest absolute Gasteiger partial charge is 0.196 e. The van der Waals surface area contributed by atoms with E-state index in [-0.39, 0.29) is 12.4 Å². The molecule has 0 heterocycles. The minimum atomic E-state index is -0.662. The Morgan fingerprint density at radius 3 is 2.48 bits per heavy atom. The van der Waals surface area contributed by atoms with E-state index in [4.69, 9.17) is 9.47 Å². The quantitative estimate of drug-likeness (QED) is 0.426. The molecule has 0 saturated carbocycles. The molecule has 4 nitrogen and oxygen atoms in total. The molecule has 4 heteroatoms. The standard InChI is InChI=1S/C21H24O4/c1-16(2)14-24-13-12-18(22)15-25-20-11-7-6-10-19(20)21(23)17-8-4-3-5-9-17/h3-11,14,18,22H,12-13,15H2,1-2H3. The fraction of sp³-hybridized carbons (Fsp3) is 0.286. The van der Waals surface area contributed by atoms with Crippen molar-refractivity contribution < 1.29 is 19.4 Å². The first-order valence-electron chi connectivity index (χ1n) is 8.32. The highest BCUT2D eigenvalue weighted by molar-refractivity contribution is 6.10. The van der Waals surface area contributed by atoms with Crippen LogP contribution in [0, 0.1) is 0 Å². The predicted molar refractivity (Wildman–Crippen MR) is 97.8 cm³/mol. The molecule has 1 unspecified atom stereocenters. The molecular formula is C21H24O4. The van der Waals surface area contributed by atoms with Gasteiger partial charge in [0.15, 0.2) is 5.78 Å². The molecule has 0 spiro atoms. The summed E-state index contributed by atoms with van der Waals surface area (Å²) in [6.45, 7) is 4.41. The Bertz CT molecular complexity index is 703. The van der Waals surface area contributed by atoms with Crippen LogP contribution in [0.2, 0.25) is 0 Å². The van der Waals surface area contributed by atoms with Crippen LogP contribution in [-0.4, -0.2) is 30.2 Å². The Morgan fingerprint density at radius 2 is 1.76 bits per heavy atom. The lowest BCUT2D eigenvalue weighted by Crippen LogP contribution is -2.20. The average Bonchev–Trinajstić information content (AvgIpc) is 2.64. The first-order valence-corrected chi connectivity index (χ1v) is 8.32. The highest BCUT2D eigenvalue weighted by Gasteiger charge is 2.15. The number of aliphatic hydroxyl groups excluding tert-OH is 1. The van der Waals surface area contributed by atoms with Gasteiger partial charge in [-0.2, -0.15) is 0 Å². The number of rotatable bonds is 9. The molecule has 2 aromatic carbocycles. The van der Waals surface area contributed by atoms with Crippen molar-refractivity contribution in [3.8, 4) is 5.75 Å². The Kier molecular flexibility index (Phi) is 7.23. The molecule has 0 aliphatic heterocycles. The normalized spacial score (nSPS) is 11.5. The van der Waals surface area contributed by atoms with E-state index in [0.717, 1.165) is 5.57 Å². The molecule has 2 aromatic rings. The third-order valence-electron chi connectivity index (χ3n) is 3.49. The summed E-state index contributed by atoms with van der Waals surface area (Å²) < 4.78 is 11.0. The van der Waals surface area contributed by atoms with Gasteiger partial charge in [-0.25, -0.2) is 0 Å². The summed E-state index contributed by atoms with van der Waals surface area (Å²) in [4.78, 5) is 12.6. The number of carbonyl (C=O) groups excluding carboxylic acids is 1. The van der Waals surface area contributed by atoms with Gasteiger partial charge < -0.3 is 14.6 Å². The lowest BCUT2D eigenvalue weighted by Gasteiger charge is -2.14. The van der Waals surface area contributed by atoms with Crippen molar-refractivity contribution >= 4 is 5.78 Å². The van der Waals surface area contributed by atoms with Gasteiger partial charge in [0.25, 0.3) is 0 Å². The average molecular weight is 340 g/mol. The molecule has 0 aliphatic rings. The summed E-state index contributed by atoms with van der Waals surface area (Å²) in [5.74, 6) is 0.373. The lowest BCUT2D eigenvalue weighted by molar-refractivity contribution is 0.0772. The van der Waals surface area contributed by atoms with E-state index in [2.05, 4.69) is 0 Å². The largest absolute Gasteiger partial charge is 0.501 e. The molecule has 2 rings (SSSR count). The second-order valence-electron chi connectivity index (χ2n) is 6.01. The molecule has 0 fully saturated rings. The molecule has 1 N–H and O–H groups in total. The topological polar surface area (TPSA) is 55.8 Å². The Balaban J connectivity index is 1.94. The van der Waals surface area contributed by atoms with Gasteiger partial charge in [0.1, 0.15) is 12.4 Å². The monoisotopic (exact) mass is 340 g/mol. The number of hydrogen-bond acceptors (Lipinski definition) is 4. The van der Waals surface area contributed by atoms with Crippen LogP contribution < -0.4 is 4.74 Å². The fourth-order valence-electron chi connectivity index (χ4n) is 2.22. The number of ether oxygens (including phenoxy) is 2. The van der Waals surface area contributed by atoms with Crippen molar-refractivity contribution in [3.63, 3.8) is 0 Å². The Morgan fingerprint density at radius 1 is 1.08 bits per heavy atom. The lowest BCUT2D eigenvalue weighted by atomic mass is 10.0. The molecular weight excluding hydrogens is 316 g/mol. The molecule has 1 atom stereocenters. The van der Waals surface area contributed by atoms with Gasteiger partial charge in [-0.05, 0) is 31.6 Å². The number of carbonyl (C=O) groups is 1. The summed E-state index contributed by atoms with van der Waals surface area (Å²) in [7, 11) is 0. The first-order chi connectivity index (χ1) is 12.1. The summed E-state index contributed by atoms with van der Waals surface area (Å²) in [6, 6.07) is 16.1. The van der Waals surface area contributed by atoms with E-state index in [0.29, 0.717) is 29.9 Å². The maximum absolute atomic E-state index is 12.6. The SMILES string of the molecule is CC(C)=COCCC(O)COc1ccccc1C(=O)c1ccccc1. The van der Waals surface area contributed by atoms with Gasteiger partial charge in [0.2, 0.25) is 0 Å². The van der Waals surface area contributed by atoms with Gasteiger partial charge >= 0.3 is 0 Å². The van der Waals surface area contributed by atoms with E-state index >= 15 is 0 Å². The summed E-state index contributed by atoms with van der Waals surface area (Å²) in [5, 5.41) is 10.0. The van der Waals surface area contributed by atoms with Gasteiger partial charge in [-0.3, -0.25) is 4.79 Å². The zero-order valence-electron chi connectivity index (χ0n) is 14.6. The Labute approximate surface area is 148 Å². The Hall–Kier alpha value is -2.59. The molecule has 0 radical (unpaired) electrons.